The van der Waals surface area contributed by atoms with Crippen molar-refractivity contribution in [3.63, 3.8) is 0 Å². The fraction of sp³-hybridized carbons (Fsp3) is 0.538. The summed E-state index contributed by atoms with van der Waals surface area (Å²) < 4.78 is 57.6. The van der Waals surface area contributed by atoms with Gasteiger partial charge in [-0.05, 0) is 6.92 Å². The van der Waals surface area contributed by atoms with Gasteiger partial charge in [-0.2, -0.15) is 8.78 Å². The Kier molecular flexibility index (Phi) is 5.35. The minimum Gasteiger partial charge on any atom is -0.485 e. The van der Waals surface area contributed by atoms with Crippen LogP contribution in [0.15, 0.2) is 6.07 Å². The first-order valence-corrected chi connectivity index (χ1v) is 6.04. The number of ether oxygens (including phenoxy) is 1. The molecule has 0 aliphatic heterocycles. The zero-order valence-electron chi connectivity index (χ0n) is 11.4. The van der Waals surface area contributed by atoms with Crippen molar-refractivity contribution in [3.05, 3.63) is 29.3 Å². The molecule has 0 spiro atoms. The van der Waals surface area contributed by atoms with Gasteiger partial charge in [0.25, 0.3) is 0 Å². The second kappa shape index (κ2) is 6.41. The minimum atomic E-state index is -1.60. The van der Waals surface area contributed by atoms with Crippen LogP contribution in [0.3, 0.4) is 0 Å². The second-order valence-corrected chi connectivity index (χ2v) is 5.10. The van der Waals surface area contributed by atoms with Gasteiger partial charge in [-0.1, -0.05) is 13.8 Å². The number of aliphatic hydroxyl groups is 1. The molecule has 0 heterocycles. The van der Waals surface area contributed by atoms with Gasteiger partial charge >= 0.3 is 0 Å². The van der Waals surface area contributed by atoms with Crippen molar-refractivity contribution in [2.75, 3.05) is 13.2 Å². The first-order valence-electron chi connectivity index (χ1n) is 6.04. The highest BCUT2D eigenvalue weighted by atomic mass is 19.2. The lowest BCUT2D eigenvalue weighted by molar-refractivity contribution is 0.103. The maximum absolute atomic E-state index is 13.4. The molecule has 0 saturated carbocycles. The van der Waals surface area contributed by atoms with E-state index in [1.807, 2.05) is 0 Å². The molecule has 1 unspecified atom stereocenters. The van der Waals surface area contributed by atoms with Crippen LogP contribution in [-0.2, 0) is 0 Å². The Hall–Kier alpha value is -1.34. The molecule has 3 nitrogen and oxygen atoms in total. The molecule has 0 saturated heterocycles. The Labute approximate surface area is 114 Å². The predicted octanol–water partition coefficient (Wildman–Crippen LogP) is 2.37. The van der Waals surface area contributed by atoms with E-state index in [1.54, 1.807) is 20.8 Å². The van der Waals surface area contributed by atoms with Crippen LogP contribution in [0.25, 0.3) is 0 Å². The zero-order valence-corrected chi connectivity index (χ0v) is 11.4. The number of rotatable bonds is 6. The van der Waals surface area contributed by atoms with Gasteiger partial charge < -0.3 is 15.2 Å². The molecule has 0 bridgehead atoms. The second-order valence-electron chi connectivity index (χ2n) is 5.10. The molecule has 0 radical (unpaired) electrons. The highest BCUT2D eigenvalue weighted by Crippen LogP contribution is 2.27. The number of hydrogen-bond acceptors (Lipinski definition) is 3. The van der Waals surface area contributed by atoms with Gasteiger partial charge in [0.05, 0.1) is 12.1 Å². The fourth-order valence-electron chi connectivity index (χ4n) is 1.74. The topological polar surface area (TPSA) is 41.5 Å². The SMILES string of the molecule is CC(C)NC(C)(CO)COc1c(F)c(F)cc(F)c1F. The van der Waals surface area contributed by atoms with Crippen molar-refractivity contribution >= 4 is 0 Å². The number of benzene rings is 1. The lowest BCUT2D eigenvalue weighted by atomic mass is 10.0. The Morgan fingerprint density at radius 2 is 1.70 bits per heavy atom. The van der Waals surface area contributed by atoms with E-state index in [2.05, 4.69) is 5.32 Å². The van der Waals surface area contributed by atoms with Gasteiger partial charge in [-0.3, -0.25) is 0 Å². The van der Waals surface area contributed by atoms with Crippen LogP contribution in [0, 0.1) is 23.3 Å². The highest BCUT2D eigenvalue weighted by molar-refractivity contribution is 5.28. The van der Waals surface area contributed by atoms with Gasteiger partial charge in [0.15, 0.2) is 17.4 Å². The third-order valence-corrected chi connectivity index (χ3v) is 2.59. The van der Waals surface area contributed by atoms with Crippen molar-refractivity contribution < 1.29 is 27.4 Å². The minimum absolute atomic E-state index is 0.0327. The smallest absolute Gasteiger partial charge is 0.203 e. The molecular weight excluding hydrogens is 278 g/mol. The van der Waals surface area contributed by atoms with Crippen molar-refractivity contribution in [1.29, 1.82) is 0 Å². The van der Waals surface area contributed by atoms with E-state index in [0.717, 1.165) is 0 Å². The van der Waals surface area contributed by atoms with Crippen LogP contribution in [0.1, 0.15) is 20.8 Å². The van der Waals surface area contributed by atoms with E-state index in [4.69, 9.17) is 4.74 Å². The molecule has 114 valence electrons. The lowest BCUT2D eigenvalue weighted by Gasteiger charge is -2.31. The molecular formula is C13H17F4NO2. The van der Waals surface area contributed by atoms with E-state index in [0.29, 0.717) is 0 Å². The van der Waals surface area contributed by atoms with Gasteiger partial charge in [-0.15, -0.1) is 0 Å². The Morgan fingerprint density at radius 1 is 1.20 bits per heavy atom. The van der Waals surface area contributed by atoms with Crippen LogP contribution in [0.4, 0.5) is 17.6 Å². The Bertz CT molecular complexity index is 456. The average molecular weight is 295 g/mol. The zero-order chi connectivity index (χ0) is 15.5. The summed E-state index contributed by atoms with van der Waals surface area (Å²) in [5.41, 5.74) is -1.00. The molecule has 20 heavy (non-hydrogen) atoms. The summed E-state index contributed by atoms with van der Waals surface area (Å²) in [4.78, 5) is 0. The Morgan fingerprint density at radius 3 is 2.10 bits per heavy atom. The highest BCUT2D eigenvalue weighted by Gasteiger charge is 2.28. The molecule has 2 N–H and O–H groups in total. The van der Waals surface area contributed by atoms with Gasteiger partial charge in [0, 0.05) is 12.1 Å². The summed E-state index contributed by atoms with van der Waals surface area (Å²) in [6.45, 7) is 4.41. The molecule has 1 atom stereocenters. The van der Waals surface area contributed by atoms with E-state index in [9.17, 15) is 22.7 Å². The van der Waals surface area contributed by atoms with Crippen LogP contribution < -0.4 is 10.1 Å². The van der Waals surface area contributed by atoms with Crippen LogP contribution in [0.5, 0.6) is 5.75 Å². The van der Waals surface area contributed by atoms with Gasteiger partial charge in [0.1, 0.15) is 6.61 Å². The Balaban J connectivity index is 2.94. The molecule has 1 aromatic rings. The third kappa shape index (κ3) is 3.83. The third-order valence-electron chi connectivity index (χ3n) is 2.59. The predicted molar refractivity (Wildman–Crippen MR) is 65.5 cm³/mol. The standard InChI is InChI=1S/C13H17F4NO2/c1-7(2)18-13(3,5-19)6-20-12-10(16)8(14)4-9(15)11(12)17/h4,7,18-19H,5-6H2,1-3H3. The molecule has 0 aliphatic carbocycles. The fourth-order valence-corrected chi connectivity index (χ4v) is 1.74. The number of hydrogen-bond donors (Lipinski definition) is 2. The maximum atomic E-state index is 13.4. The average Bonchev–Trinajstić information content (AvgIpc) is 2.35. The maximum Gasteiger partial charge on any atom is 0.203 e. The summed E-state index contributed by atoms with van der Waals surface area (Å²) in [5.74, 6) is -7.42. The normalized spacial score (nSPS) is 14.4. The van der Waals surface area contributed by atoms with Crippen molar-refractivity contribution in [1.82, 2.24) is 5.32 Å². The van der Waals surface area contributed by atoms with Crippen molar-refractivity contribution in [3.8, 4) is 5.75 Å². The van der Waals surface area contributed by atoms with E-state index < -0.39 is 34.6 Å². The largest absolute Gasteiger partial charge is 0.485 e. The quantitative estimate of drug-likeness (QED) is 0.625. The molecule has 1 aromatic carbocycles. The molecule has 7 heteroatoms. The lowest BCUT2D eigenvalue weighted by Crippen LogP contribution is -2.53. The van der Waals surface area contributed by atoms with Gasteiger partial charge in [-0.25, -0.2) is 8.78 Å². The summed E-state index contributed by atoms with van der Waals surface area (Å²) in [6.07, 6.45) is 0. The summed E-state index contributed by atoms with van der Waals surface area (Å²) in [5, 5.41) is 12.2. The van der Waals surface area contributed by atoms with E-state index in [1.165, 1.54) is 0 Å². The summed E-state index contributed by atoms with van der Waals surface area (Å²) in [6, 6.07) is 0.0736. The molecule has 0 aromatic heterocycles. The molecule has 0 amide bonds. The number of aliphatic hydroxyl groups excluding tert-OH is 1. The van der Waals surface area contributed by atoms with Crippen LogP contribution in [0.2, 0.25) is 0 Å². The van der Waals surface area contributed by atoms with Gasteiger partial charge in [0.2, 0.25) is 11.6 Å². The monoisotopic (exact) mass is 295 g/mol. The first-order chi connectivity index (χ1) is 9.20. The van der Waals surface area contributed by atoms with Crippen LogP contribution in [-0.4, -0.2) is 29.9 Å². The van der Waals surface area contributed by atoms with E-state index in [-0.39, 0.29) is 25.3 Å². The van der Waals surface area contributed by atoms with Crippen LogP contribution >= 0.6 is 0 Å². The first kappa shape index (κ1) is 16.7. The molecule has 1 rings (SSSR count). The van der Waals surface area contributed by atoms with E-state index >= 15 is 0 Å². The number of nitrogens with one attached hydrogen (secondary N) is 1. The molecule has 0 fully saturated rings. The summed E-state index contributed by atoms with van der Waals surface area (Å²) >= 11 is 0. The summed E-state index contributed by atoms with van der Waals surface area (Å²) in [7, 11) is 0. The van der Waals surface area contributed by atoms with Crippen molar-refractivity contribution in [2.45, 2.75) is 32.4 Å². The molecule has 0 aliphatic rings. The van der Waals surface area contributed by atoms with Crippen molar-refractivity contribution in [2.24, 2.45) is 0 Å². The number of halogens is 4.